The second-order valence-electron chi connectivity index (χ2n) is 2.82. The van der Waals surface area contributed by atoms with Crippen LogP contribution in [0.3, 0.4) is 0 Å². The van der Waals surface area contributed by atoms with E-state index in [2.05, 4.69) is 9.69 Å². The molecule has 0 aliphatic heterocycles. The van der Waals surface area contributed by atoms with Gasteiger partial charge in [0.15, 0.2) is 11.4 Å². The Bertz CT molecular complexity index is 433. The molecule has 1 aromatic carbocycles. The molecule has 0 unspecified atom stereocenters. The van der Waals surface area contributed by atoms with Gasteiger partial charge in [-0.15, -0.1) is 0 Å². The highest BCUT2D eigenvalue weighted by molar-refractivity contribution is 5.81. The standard InChI is InChI=1S/C10H9N3/c1-6-5-8(12-3)10(13-4)7(2)9(6)11/h5H,11H2,1-2H3. The lowest BCUT2D eigenvalue weighted by atomic mass is 10.1. The highest BCUT2D eigenvalue weighted by atomic mass is 14.8. The summed E-state index contributed by atoms with van der Waals surface area (Å²) in [6.45, 7) is 17.4. The Morgan fingerprint density at radius 2 is 1.85 bits per heavy atom. The van der Waals surface area contributed by atoms with Crippen molar-refractivity contribution in [2.75, 3.05) is 5.73 Å². The van der Waals surface area contributed by atoms with Crippen molar-refractivity contribution in [1.82, 2.24) is 0 Å². The van der Waals surface area contributed by atoms with Crippen molar-refractivity contribution in [3.05, 3.63) is 40.0 Å². The zero-order chi connectivity index (χ0) is 10.0. The number of anilines is 1. The number of nitrogen functional groups attached to an aromatic ring is 1. The first-order chi connectivity index (χ1) is 6.11. The molecule has 1 rings (SSSR count). The highest BCUT2D eigenvalue weighted by Crippen LogP contribution is 2.37. The molecule has 0 amide bonds. The molecular formula is C10H9N3. The lowest BCUT2D eigenvalue weighted by Gasteiger charge is -2.07. The van der Waals surface area contributed by atoms with Gasteiger partial charge in [0.1, 0.15) is 0 Å². The number of hydrogen-bond acceptors (Lipinski definition) is 1. The molecule has 0 radical (unpaired) electrons. The molecule has 0 fully saturated rings. The van der Waals surface area contributed by atoms with Crippen molar-refractivity contribution >= 4 is 17.1 Å². The zero-order valence-corrected chi connectivity index (χ0v) is 7.55. The van der Waals surface area contributed by atoms with E-state index in [4.69, 9.17) is 18.9 Å². The lowest BCUT2D eigenvalue weighted by molar-refractivity contribution is 1.41. The largest absolute Gasteiger partial charge is 0.399 e. The van der Waals surface area contributed by atoms with Gasteiger partial charge in [-0.25, -0.2) is 4.85 Å². The van der Waals surface area contributed by atoms with E-state index in [-0.39, 0.29) is 0 Å². The van der Waals surface area contributed by atoms with E-state index in [9.17, 15) is 0 Å². The molecule has 1 aromatic rings. The van der Waals surface area contributed by atoms with Crippen LogP contribution in [0.4, 0.5) is 17.1 Å². The fourth-order valence-electron chi connectivity index (χ4n) is 1.19. The van der Waals surface area contributed by atoms with Crippen molar-refractivity contribution < 1.29 is 0 Å². The van der Waals surface area contributed by atoms with Crippen LogP contribution in [-0.2, 0) is 0 Å². The number of nitrogens with two attached hydrogens (primary N) is 1. The lowest BCUT2D eigenvalue weighted by Crippen LogP contribution is -1.92. The number of hydrogen-bond donors (Lipinski definition) is 1. The number of aryl methyl sites for hydroxylation is 1. The van der Waals surface area contributed by atoms with Crippen LogP contribution in [0.25, 0.3) is 9.69 Å². The molecule has 0 aromatic heterocycles. The summed E-state index contributed by atoms with van der Waals surface area (Å²) in [4.78, 5) is 6.58. The molecule has 0 aliphatic carbocycles. The first-order valence-electron chi connectivity index (χ1n) is 3.76. The predicted octanol–water partition coefficient (Wildman–Crippen LogP) is 2.99. The Labute approximate surface area is 77.4 Å². The van der Waals surface area contributed by atoms with E-state index < -0.39 is 0 Å². The van der Waals surface area contributed by atoms with Crippen molar-refractivity contribution in [3.63, 3.8) is 0 Å². The van der Waals surface area contributed by atoms with E-state index in [1.165, 1.54) is 0 Å². The van der Waals surface area contributed by atoms with Crippen LogP contribution < -0.4 is 5.73 Å². The fourth-order valence-corrected chi connectivity index (χ4v) is 1.19. The summed E-state index contributed by atoms with van der Waals surface area (Å²) in [7, 11) is 0. The molecule has 0 bridgehead atoms. The van der Waals surface area contributed by atoms with Crippen molar-refractivity contribution in [3.8, 4) is 0 Å². The molecule has 0 saturated carbocycles. The third kappa shape index (κ3) is 1.32. The second-order valence-corrected chi connectivity index (χ2v) is 2.82. The van der Waals surface area contributed by atoms with E-state index in [1.807, 2.05) is 6.92 Å². The van der Waals surface area contributed by atoms with Crippen molar-refractivity contribution in [2.45, 2.75) is 13.8 Å². The minimum atomic E-state index is 0.373. The molecule has 3 heteroatoms. The topological polar surface area (TPSA) is 34.7 Å². The zero-order valence-electron chi connectivity index (χ0n) is 7.55. The van der Waals surface area contributed by atoms with E-state index in [0.717, 1.165) is 5.56 Å². The molecule has 0 aliphatic rings. The van der Waals surface area contributed by atoms with Crippen molar-refractivity contribution in [1.29, 1.82) is 0 Å². The molecule has 0 atom stereocenters. The molecule has 2 N–H and O–H groups in total. The van der Waals surface area contributed by atoms with Gasteiger partial charge in [-0.05, 0) is 25.0 Å². The molecule has 64 valence electrons. The van der Waals surface area contributed by atoms with Gasteiger partial charge in [-0.2, -0.15) is 0 Å². The van der Waals surface area contributed by atoms with Gasteiger partial charge < -0.3 is 5.73 Å². The van der Waals surface area contributed by atoms with Gasteiger partial charge in [-0.3, -0.25) is 4.85 Å². The van der Waals surface area contributed by atoms with Gasteiger partial charge in [-0.1, -0.05) is 6.07 Å². The maximum absolute atomic E-state index is 6.92. The van der Waals surface area contributed by atoms with Crippen LogP contribution in [0.5, 0.6) is 0 Å². The Morgan fingerprint density at radius 3 is 2.31 bits per heavy atom. The Kier molecular flexibility index (Phi) is 2.21. The van der Waals surface area contributed by atoms with Gasteiger partial charge in [0.25, 0.3) is 0 Å². The summed E-state index contributed by atoms with van der Waals surface area (Å²) in [5, 5.41) is 0. The quantitative estimate of drug-likeness (QED) is 0.472. The first-order valence-corrected chi connectivity index (χ1v) is 3.76. The number of nitrogens with zero attached hydrogens (tertiary/aromatic N) is 2. The third-order valence-electron chi connectivity index (χ3n) is 2.01. The summed E-state index contributed by atoms with van der Waals surface area (Å²) in [6, 6.07) is 1.66. The van der Waals surface area contributed by atoms with Crippen LogP contribution in [0.15, 0.2) is 6.07 Å². The average molecular weight is 171 g/mol. The van der Waals surface area contributed by atoms with Crippen molar-refractivity contribution in [2.24, 2.45) is 0 Å². The van der Waals surface area contributed by atoms with Crippen LogP contribution in [0.1, 0.15) is 11.1 Å². The average Bonchev–Trinajstić information content (AvgIpc) is 2.13. The van der Waals surface area contributed by atoms with Crippen LogP contribution in [0.2, 0.25) is 0 Å². The first kappa shape index (κ1) is 9.09. The SMILES string of the molecule is [C-]#[N+]c1cc(C)c(N)c(C)c1[N+]#[C-]. The van der Waals surface area contributed by atoms with Gasteiger partial charge >= 0.3 is 0 Å². The van der Waals surface area contributed by atoms with Gasteiger partial charge in [0.05, 0.1) is 13.1 Å². The van der Waals surface area contributed by atoms with Crippen LogP contribution in [0, 0.1) is 27.0 Å². The van der Waals surface area contributed by atoms with Gasteiger partial charge in [0, 0.05) is 5.69 Å². The van der Waals surface area contributed by atoms with E-state index in [0.29, 0.717) is 22.6 Å². The van der Waals surface area contributed by atoms with E-state index >= 15 is 0 Å². The van der Waals surface area contributed by atoms with E-state index in [1.54, 1.807) is 13.0 Å². The molecule has 13 heavy (non-hydrogen) atoms. The summed E-state index contributed by atoms with van der Waals surface area (Å²) in [6.07, 6.45) is 0. The molecular weight excluding hydrogens is 162 g/mol. The Morgan fingerprint density at radius 1 is 1.23 bits per heavy atom. The maximum atomic E-state index is 6.92. The smallest absolute Gasteiger partial charge is 0.199 e. The summed E-state index contributed by atoms with van der Waals surface area (Å²) in [5.41, 5.74) is 8.67. The Balaban J connectivity index is 3.63. The minimum absolute atomic E-state index is 0.373. The summed E-state index contributed by atoms with van der Waals surface area (Å²) in [5.74, 6) is 0. The normalized spacial score (nSPS) is 8.92. The minimum Gasteiger partial charge on any atom is -0.399 e. The summed E-state index contributed by atoms with van der Waals surface area (Å²) >= 11 is 0. The maximum Gasteiger partial charge on any atom is 0.199 e. The molecule has 0 saturated heterocycles. The van der Waals surface area contributed by atoms with Gasteiger partial charge in [0.2, 0.25) is 0 Å². The summed E-state index contributed by atoms with van der Waals surface area (Å²) < 4.78 is 0. The molecule has 3 nitrogen and oxygen atoms in total. The fraction of sp³-hybridized carbons (Fsp3) is 0.200. The Hall–Kier alpha value is -2.00. The number of rotatable bonds is 0. The number of benzene rings is 1. The van der Waals surface area contributed by atoms with Crippen LogP contribution in [-0.4, -0.2) is 0 Å². The molecule has 0 spiro atoms. The monoisotopic (exact) mass is 171 g/mol. The van der Waals surface area contributed by atoms with Crippen LogP contribution >= 0.6 is 0 Å². The predicted molar refractivity (Wildman–Crippen MR) is 52.9 cm³/mol. The third-order valence-corrected chi connectivity index (χ3v) is 2.01. The highest BCUT2D eigenvalue weighted by Gasteiger charge is 2.10. The second kappa shape index (κ2) is 3.16. The molecule has 0 heterocycles.